The fraction of sp³-hybridized carbons (Fsp3) is 0.200. The summed E-state index contributed by atoms with van der Waals surface area (Å²) < 4.78 is 54.1. The molecule has 158 valence electrons. The first-order chi connectivity index (χ1) is 14.0. The predicted octanol–water partition coefficient (Wildman–Crippen LogP) is 5.54. The molecule has 0 spiro atoms. The second-order valence-electron chi connectivity index (χ2n) is 6.55. The van der Waals surface area contributed by atoms with Gasteiger partial charge in [-0.05, 0) is 62.4 Å². The minimum absolute atomic E-state index is 0.0204. The number of ketones is 1. The normalized spacial score (nSPS) is 11.6. The number of alkyl halides is 3. The molecule has 2 aromatic carbocycles. The number of anilines is 3. The van der Waals surface area contributed by atoms with Crippen LogP contribution in [0.1, 0.15) is 29.1 Å². The van der Waals surface area contributed by atoms with Crippen LogP contribution in [0.2, 0.25) is 0 Å². The average molecular weight is 439 g/mol. The van der Waals surface area contributed by atoms with Gasteiger partial charge in [-0.25, -0.2) is 9.37 Å². The number of carbonyl (C=O) groups is 1. The number of halogens is 4. The smallest absolute Gasteiger partial charge is 0.406 e. The van der Waals surface area contributed by atoms with Gasteiger partial charge >= 0.3 is 6.36 Å². The van der Waals surface area contributed by atoms with Crippen LogP contribution in [0.15, 0.2) is 48.5 Å². The molecule has 0 fully saturated rings. The molecule has 10 heteroatoms. The zero-order valence-electron chi connectivity index (χ0n) is 15.9. The molecule has 2 N–H and O–H groups in total. The Morgan fingerprint density at radius 1 is 1.10 bits per heavy atom. The Balaban J connectivity index is 1.91. The van der Waals surface area contributed by atoms with Crippen molar-refractivity contribution in [2.24, 2.45) is 0 Å². The summed E-state index contributed by atoms with van der Waals surface area (Å²) in [6.45, 7) is 3.72. The van der Waals surface area contributed by atoms with E-state index in [-0.39, 0.29) is 28.0 Å². The van der Waals surface area contributed by atoms with E-state index in [0.717, 1.165) is 11.3 Å². The largest absolute Gasteiger partial charge is 0.573 e. The first-order valence-corrected chi connectivity index (χ1v) is 9.58. The van der Waals surface area contributed by atoms with Crippen molar-refractivity contribution in [1.29, 1.82) is 0 Å². The standard InChI is InChI=1S/C20H17F4N3O2S/c1-11(2)27(14-7-9-15(10-8-14)29-20(22,23)24)19-26-18(25)17(30-19)16(28)12-3-5-13(21)6-4-12/h3-11H,25H2,1-2H3. The van der Waals surface area contributed by atoms with Gasteiger partial charge in [0.25, 0.3) is 0 Å². The van der Waals surface area contributed by atoms with Crippen molar-refractivity contribution in [1.82, 2.24) is 4.98 Å². The average Bonchev–Trinajstić information content (AvgIpc) is 3.03. The van der Waals surface area contributed by atoms with Gasteiger partial charge in [-0.2, -0.15) is 0 Å². The fourth-order valence-electron chi connectivity index (χ4n) is 2.76. The molecule has 30 heavy (non-hydrogen) atoms. The molecule has 0 amide bonds. The lowest BCUT2D eigenvalue weighted by Gasteiger charge is -2.26. The van der Waals surface area contributed by atoms with E-state index in [9.17, 15) is 22.4 Å². The summed E-state index contributed by atoms with van der Waals surface area (Å²) in [7, 11) is 0. The Morgan fingerprint density at radius 3 is 2.23 bits per heavy atom. The number of rotatable bonds is 6. The maximum Gasteiger partial charge on any atom is 0.573 e. The van der Waals surface area contributed by atoms with E-state index in [1.54, 1.807) is 4.90 Å². The molecule has 0 saturated carbocycles. The topological polar surface area (TPSA) is 68.4 Å². The fourth-order valence-corrected chi connectivity index (χ4v) is 3.86. The minimum Gasteiger partial charge on any atom is -0.406 e. The molecule has 5 nitrogen and oxygen atoms in total. The quantitative estimate of drug-likeness (QED) is 0.403. The van der Waals surface area contributed by atoms with E-state index in [1.807, 2.05) is 13.8 Å². The molecule has 0 aliphatic carbocycles. The highest BCUT2D eigenvalue weighted by Gasteiger charge is 2.31. The van der Waals surface area contributed by atoms with Gasteiger partial charge < -0.3 is 15.4 Å². The molecule has 0 radical (unpaired) electrons. The Bertz CT molecular complexity index is 1030. The Kier molecular flexibility index (Phi) is 5.97. The Morgan fingerprint density at radius 2 is 1.70 bits per heavy atom. The molecule has 0 atom stereocenters. The predicted molar refractivity (Wildman–Crippen MR) is 107 cm³/mol. The van der Waals surface area contributed by atoms with Crippen molar-refractivity contribution >= 4 is 33.8 Å². The lowest BCUT2D eigenvalue weighted by atomic mass is 10.1. The van der Waals surface area contributed by atoms with Crippen molar-refractivity contribution in [2.75, 3.05) is 10.6 Å². The molecule has 0 unspecified atom stereocenters. The van der Waals surface area contributed by atoms with Crippen molar-refractivity contribution in [3.63, 3.8) is 0 Å². The molecule has 3 aromatic rings. The summed E-state index contributed by atoms with van der Waals surface area (Å²) in [5, 5.41) is 0.400. The van der Waals surface area contributed by atoms with Crippen LogP contribution < -0.4 is 15.4 Å². The molecule has 3 rings (SSSR count). The number of hydrogen-bond donors (Lipinski definition) is 1. The molecule has 0 aliphatic rings. The summed E-state index contributed by atoms with van der Waals surface area (Å²) >= 11 is 1.05. The van der Waals surface area contributed by atoms with Crippen LogP contribution in [-0.2, 0) is 0 Å². The SMILES string of the molecule is CC(C)N(c1ccc(OC(F)(F)F)cc1)c1nc(N)c(C(=O)c2ccc(F)cc2)s1. The second-order valence-corrected chi connectivity index (χ2v) is 7.53. The Labute approximate surface area is 173 Å². The molecular formula is C20H17F4N3O2S. The molecule has 1 heterocycles. The summed E-state index contributed by atoms with van der Waals surface area (Å²) in [6.07, 6.45) is -4.78. The van der Waals surface area contributed by atoms with E-state index in [0.29, 0.717) is 10.8 Å². The molecule has 0 saturated heterocycles. The highest BCUT2D eigenvalue weighted by molar-refractivity contribution is 7.18. The monoisotopic (exact) mass is 439 g/mol. The maximum atomic E-state index is 13.1. The molecular weight excluding hydrogens is 422 g/mol. The number of nitrogens with two attached hydrogens (primary N) is 1. The summed E-state index contributed by atoms with van der Waals surface area (Å²) in [6, 6.07) is 10.2. The van der Waals surface area contributed by atoms with Gasteiger partial charge in [-0.1, -0.05) is 11.3 Å². The number of thiazole rings is 1. The second kappa shape index (κ2) is 8.31. The van der Waals surface area contributed by atoms with Gasteiger partial charge in [0.05, 0.1) is 0 Å². The van der Waals surface area contributed by atoms with E-state index in [4.69, 9.17) is 5.73 Å². The minimum atomic E-state index is -4.78. The van der Waals surface area contributed by atoms with Crippen LogP contribution in [0, 0.1) is 5.82 Å². The van der Waals surface area contributed by atoms with Gasteiger partial charge in [0, 0.05) is 17.3 Å². The van der Waals surface area contributed by atoms with E-state index in [2.05, 4.69) is 9.72 Å². The Hall–Kier alpha value is -3.14. The van der Waals surface area contributed by atoms with Gasteiger partial charge in [-0.15, -0.1) is 13.2 Å². The molecule has 0 bridgehead atoms. The molecule has 0 aliphatic heterocycles. The van der Waals surface area contributed by atoms with Crippen LogP contribution in [0.3, 0.4) is 0 Å². The lowest BCUT2D eigenvalue weighted by Crippen LogP contribution is -2.25. The van der Waals surface area contributed by atoms with Crippen molar-refractivity contribution < 1.29 is 27.1 Å². The third-order valence-corrected chi connectivity index (χ3v) is 5.09. The number of benzene rings is 2. The van der Waals surface area contributed by atoms with Crippen LogP contribution in [0.25, 0.3) is 0 Å². The van der Waals surface area contributed by atoms with Gasteiger partial charge in [0.2, 0.25) is 5.78 Å². The molecule has 1 aromatic heterocycles. The van der Waals surface area contributed by atoms with Gasteiger partial charge in [-0.3, -0.25) is 4.79 Å². The van der Waals surface area contributed by atoms with E-state index < -0.39 is 18.0 Å². The number of nitrogens with zero attached hydrogens (tertiary/aromatic N) is 2. The third kappa shape index (κ3) is 4.88. The number of ether oxygens (including phenoxy) is 1. The summed E-state index contributed by atoms with van der Waals surface area (Å²) in [5.74, 6) is -1.19. The van der Waals surface area contributed by atoms with Crippen molar-refractivity contribution in [2.45, 2.75) is 26.3 Å². The third-order valence-electron chi connectivity index (χ3n) is 4.03. The maximum absolute atomic E-state index is 13.1. The van der Waals surface area contributed by atoms with Crippen LogP contribution in [0.4, 0.5) is 34.2 Å². The van der Waals surface area contributed by atoms with Crippen LogP contribution >= 0.6 is 11.3 Å². The summed E-state index contributed by atoms with van der Waals surface area (Å²) in [5.41, 5.74) is 6.77. The zero-order chi connectivity index (χ0) is 22.1. The zero-order valence-corrected chi connectivity index (χ0v) is 16.7. The summed E-state index contributed by atoms with van der Waals surface area (Å²) in [4.78, 5) is 18.9. The van der Waals surface area contributed by atoms with Gasteiger partial charge in [0.15, 0.2) is 5.13 Å². The first kappa shape index (κ1) is 21.6. The number of aromatic nitrogens is 1. The van der Waals surface area contributed by atoms with E-state index in [1.165, 1.54) is 48.5 Å². The number of carbonyl (C=O) groups excluding carboxylic acids is 1. The number of hydrogen-bond acceptors (Lipinski definition) is 6. The highest BCUT2D eigenvalue weighted by atomic mass is 32.1. The van der Waals surface area contributed by atoms with Crippen molar-refractivity contribution in [3.8, 4) is 5.75 Å². The van der Waals surface area contributed by atoms with Gasteiger partial charge in [0.1, 0.15) is 22.3 Å². The highest BCUT2D eigenvalue weighted by Crippen LogP contribution is 2.36. The number of nitrogen functional groups attached to an aromatic ring is 1. The lowest BCUT2D eigenvalue weighted by molar-refractivity contribution is -0.274. The van der Waals surface area contributed by atoms with Crippen LogP contribution in [0.5, 0.6) is 5.75 Å². The first-order valence-electron chi connectivity index (χ1n) is 8.77. The van der Waals surface area contributed by atoms with Crippen molar-refractivity contribution in [3.05, 3.63) is 64.8 Å². The van der Waals surface area contributed by atoms with Crippen LogP contribution in [-0.4, -0.2) is 23.2 Å². The van der Waals surface area contributed by atoms with E-state index >= 15 is 0 Å².